The summed E-state index contributed by atoms with van der Waals surface area (Å²) < 4.78 is 24.2. The standard InChI is InChI=1S/C14H16N2O4S/c1-9(2)12-8-13(14(17)18)16(15-12)10-4-6-11(7-5-10)21(3,19)20/h4-9H,1-3H3,(H,17,18). The second-order valence-corrected chi connectivity index (χ2v) is 7.11. The molecule has 1 heterocycles. The van der Waals surface area contributed by atoms with E-state index in [0.29, 0.717) is 11.4 Å². The van der Waals surface area contributed by atoms with Gasteiger partial charge in [0.05, 0.1) is 16.3 Å². The molecule has 0 aliphatic heterocycles. The number of carboxylic acid groups (broad SMARTS) is 1. The van der Waals surface area contributed by atoms with Crippen molar-refractivity contribution in [2.24, 2.45) is 0 Å². The van der Waals surface area contributed by atoms with E-state index in [1.807, 2.05) is 13.8 Å². The lowest BCUT2D eigenvalue weighted by atomic mass is 10.1. The number of carboxylic acids is 1. The third-order valence-electron chi connectivity index (χ3n) is 3.05. The van der Waals surface area contributed by atoms with Gasteiger partial charge in [0.1, 0.15) is 0 Å². The molecule has 0 aliphatic rings. The summed E-state index contributed by atoms with van der Waals surface area (Å²) in [6.45, 7) is 3.84. The smallest absolute Gasteiger partial charge is 0.354 e. The quantitative estimate of drug-likeness (QED) is 0.934. The molecule has 0 radical (unpaired) electrons. The molecule has 0 saturated carbocycles. The van der Waals surface area contributed by atoms with E-state index < -0.39 is 15.8 Å². The lowest BCUT2D eigenvalue weighted by Crippen LogP contribution is -2.08. The van der Waals surface area contributed by atoms with Gasteiger partial charge in [-0.15, -0.1) is 0 Å². The number of aromatic carboxylic acids is 1. The summed E-state index contributed by atoms with van der Waals surface area (Å²) in [6.07, 6.45) is 1.12. The van der Waals surface area contributed by atoms with E-state index >= 15 is 0 Å². The second kappa shape index (κ2) is 5.33. The average molecular weight is 308 g/mol. The van der Waals surface area contributed by atoms with Crippen LogP contribution in [0.1, 0.15) is 35.9 Å². The number of rotatable bonds is 4. The average Bonchev–Trinajstić information content (AvgIpc) is 2.83. The summed E-state index contributed by atoms with van der Waals surface area (Å²) in [5.74, 6) is -0.985. The van der Waals surface area contributed by atoms with Crippen molar-refractivity contribution in [3.63, 3.8) is 0 Å². The van der Waals surface area contributed by atoms with Gasteiger partial charge in [-0.2, -0.15) is 5.10 Å². The normalized spacial score (nSPS) is 11.8. The first-order chi connectivity index (χ1) is 9.70. The van der Waals surface area contributed by atoms with Gasteiger partial charge in [0.25, 0.3) is 0 Å². The number of sulfone groups is 1. The lowest BCUT2D eigenvalue weighted by molar-refractivity contribution is 0.0687. The number of nitrogens with zero attached hydrogens (tertiary/aromatic N) is 2. The third-order valence-corrected chi connectivity index (χ3v) is 4.18. The van der Waals surface area contributed by atoms with Crippen molar-refractivity contribution in [3.05, 3.63) is 41.7 Å². The Hall–Kier alpha value is -2.15. The maximum atomic E-state index is 11.4. The minimum atomic E-state index is -3.28. The zero-order chi connectivity index (χ0) is 15.8. The molecule has 112 valence electrons. The molecule has 2 rings (SSSR count). The Bertz CT molecular complexity index is 774. The van der Waals surface area contributed by atoms with Crippen LogP contribution in [-0.4, -0.2) is 35.5 Å². The Morgan fingerprint density at radius 2 is 1.81 bits per heavy atom. The Morgan fingerprint density at radius 1 is 1.24 bits per heavy atom. The van der Waals surface area contributed by atoms with Crippen LogP contribution < -0.4 is 0 Å². The first-order valence-electron chi connectivity index (χ1n) is 6.34. The zero-order valence-corrected chi connectivity index (χ0v) is 12.8. The van der Waals surface area contributed by atoms with E-state index in [0.717, 1.165) is 6.26 Å². The fraction of sp³-hybridized carbons (Fsp3) is 0.286. The summed E-state index contributed by atoms with van der Waals surface area (Å²) >= 11 is 0. The van der Waals surface area contributed by atoms with Gasteiger partial charge in [-0.25, -0.2) is 17.9 Å². The Kier molecular flexibility index (Phi) is 3.87. The summed E-state index contributed by atoms with van der Waals surface area (Å²) in [5, 5.41) is 13.5. The van der Waals surface area contributed by atoms with Gasteiger partial charge in [-0.05, 0) is 36.2 Å². The Morgan fingerprint density at radius 3 is 2.24 bits per heavy atom. The molecule has 0 atom stereocenters. The molecule has 1 aromatic carbocycles. The molecular formula is C14H16N2O4S. The van der Waals surface area contributed by atoms with Crippen molar-refractivity contribution in [2.75, 3.05) is 6.26 Å². The lowest BCUT2D eigenvalue weighted by Gasteiger charge is -2.06. The van der Waals surface area contributed by atoms with E-state index in [-0.39, 0.29) is 16.5 Å². The van der Waals surface area contributed by atoms with Crippen LogP contribution >= 0.6 is 0 Å². The molecule has 1 N–H and O–H groups in total. The summed E-state index contributed by atoms with van der Waals surface area (Å²) in [6, 6.07) is 7.48. The van der Waals surface area contributed by atoms with Crippen LogP contribution in [0.3, 0.4) is 0 Å². The molecule has 0 amide bonds. The van der Waals surface area contributed by atoms with E-state index in [1.165, 1.54) is 22.9 Å². The number of benzene rings is 1. The monoisotopic (exact) mass is 308 g/mol. The highest BCUT2D eigenvalue weighted by molar-refractivity contribution is 7.90. The van der Waals surface area contributed by atoms with Crippen molar-refractivity contribution < 1.29 is 18.3 Å². The predicted molar refractivity (Wildman–Crippen MR) is 77.7 cm³/mol. The molecule has 0 spiro atoms. The van der Waals surface area contributed by atoms with Crippen LogP contribution in [-0.2, 0) is 9.84 Å². The molecule has 1 aromatic heterocycles. The van der Waals surface area contributed by atoms with E-state index in [4.69, 9.17) is 0 Å². The van der Waals surface area contributed by atoms with Crippen LogP contribution in [0.5, 0.6) is 0 Å². The first-order valence-corrected chi connectivity index (χ1v) is 8.23. The van der Waals surface area contributed by atoms with Crippen LogP contribution in [0.25, 0.3) is 5.69 Å². The molecule has 2 aromatic rings. The van der Waals surface area contributed by atoms with Crippen molar-refractivity contribution in [1.82, 2.24) is 9.78 Å². The Labute approximate surface area is 123 Å². The topological polar surface area (TPSA) is 89.3 Å². The largest absolute Gasteiger partial charge is 0.477 e. The van der Waals surface area contributed by atoms with Gasteiger partial charge < -0.3 is 5.11 Å². The Balaban J connectivity index is 2.53. The van der Waals surface area contributed by atoms with Crippen LogP contribution in [0, 0.1) is 0 Å². The number of hydrogen-bond donors (Lipinski definition) is 1. The van der Waals surface area contributed by atoms with Crippen molar-refractivity contribution >= 4 is 15.8 Å². The van der Waals surface area contributed by atoms with Gasteiger partial charge in [0, 0.05) is 6.26 Å². The van der Waals surface area contributed by atoms with Gasteiger partial charge in [0.15, 0.2) is 15.5 Å². The van der Waals surface area contributed by atoms with Crippen molar-refractivity contribution in [1.29, 1.82) is 0 Å². The van der Waals surface area contributed by atoms with Crippen molar-refractivity contribution in [3.8, 4) is 5.69 Å². The predicted octanol–water partition coefficient (Wildman–Crippen LogP) is 2.10. The molecule has 0 bridgehead atoms. The van der Waals surface area contributed by atoms with E-state index in [1.54, 1.807) is 12.1 Å². The molecule has 0 unspecified atom stereocenters. The fourth-order valence-electron chi connectivity index (χ4n) is 1.87. The summed E-state index contributed by atoms with van der Waals surface area (Å²) in [5.41, 5.74) is 1.22. The molecule has 7 heteroatoms. The highest BCUT2D eigenvalue weighted by atomic mass is 32.2. The maximum absolute atomic E-state index is 11.4. The fourth-order valence-corrected chi connectivity index (χ4v) is 2.50. The van der Waals surface area contributed by atoms with Gasteiger partial charge >= 0.3 is 5.97 Å². The minimum absolute atomic E-state index is 0.0470. The summed E-state index contributed by atoms with van der Waals surface area (Å²) in [7, 11) is -3.28. The number of hydrogen-bond acceptors (Lipinski definition) is 4. The second-order valence-electron chi connectivity index (χ2n) is 5.09. The van der Waals surface area contributed by atoms with E-state index in [9.17, 15) is 18.3 Å². The van der Waals surface area contributed by atoms with Gasteiger partial charge in [-0.1, -0.05) is 13.8 Å². The molecule has 0 saturated heterocycles. The van der Waals surface area contributed by atoms with Crippen LogP contribution in [0.15, 0.2) is 35.2 Å². The molecule has 0 fully saturated rings. The van der Waals surface area contributed by atoms with Crippen molar-refractivity contribution in [2.45, 2.75) is 24.7 Å². The highest BCUT2D eigenvalue weighted by Crippen LogP contribution is 2.20. The maximum Gasteiger partial charge on any atom is 0.354 e. The zero-order valence-electron chi connectivity index (χ0n) is 11.9. The minimum Gasteiger partial charge on any atom is -0.477 e. The SMILES string of the molecule is CC(C)c1cc(C(=O)O)n(-c2ccc(S(C)(=O)=O)cc2)n1. The number of carbonyl (C=O) groups is 1. The van der Waals surface area contributed by atoms with Gasteiger partial charge in [-0.3, -0.25) is 0 Å². The van der Waals surface area contributed by atoms with Gasteiger partial charge in [0.2, 0.25) is 0 Å². The number of aromatic nitrogens is 2. The molecule has 6 nitrogen and oxygen atoms in total. The van der Waals surface area contributed by atoms with E-state index in [2.05, 4.69) is 5.10 Å². The summed E-state index contributed by atoms with van der Waals surface area (Å²) in [4.78, 5) is 11.5. The van der Waals surface area contributed by atoms with Crippen LogP contribution in [0.4, 0.5) is 0 Å². The molecule has 21 heavy (non-hydrogen) atoms. The first kappa shape index (κ1) is 15.2. The molecule has 0 aliphatic carbocycles. The third kappa shape index (κ3) is 3.13. The molecular weight excluding hydrogens is 292 g/mol. The van der Waals surface area contributed by atoms with Crippen LogP contribution in [0.2, 0.25) is 0 Å². The highest BCUT2D eigenvalue weighted by Gasteiger charge is 2.17.